The number of halogens is 1. The molecule has 1 aromatic heterocycles. The molecule has 0 radical (unpaired) electrons. The predicted octanol–water partition coefficient (Wildman–Crippen LogP) is 2.73. The largest absolute Gasteiger partial charge is 0.324 e. The molecular weight excluding hydrogens is 309 g/mol. The van der Waals surface area contributed by atoms with Gasteiger partial charge in [0.2, 0.25) is 11.7 Å². The molecule has 6 nitrogen and oxygen atoms in total. The van der Waals surface area contributed by atoms with E-state index < -0.39 is 0 Å². The highest BCUT2D eigenvalue weighted by atomic mass is 19.1. The van der Waals surface area contributed by atoms with Crippen molar-refractivity contribution in [3.8, 4) is 11.4 Å². The summed E-state index contributed by atoms with van der Waals surface area (Å²) in [4.78, 5) is 13.3. The van der Waals surface area contributed by atoms with Crippen molar-refractivity contribution in [2.75, 3.05) is 5.32 Å². The predicted molar refractivity (Wildman–Crippen MR) is 87.8 cm³/mol. The van der Waals surface area contributed by atoms with Crippen molar-refractivity contribution in [1.82, 2.24) is 20.2 Å². The lowest BCUT2D eigenvalue weighted by molar-refractivity contribution is -0.117. The van der Waals surface area contributed by atoms with Crippen LogP contribution in [0.25, 0.3) is 11.4 Å². The molecule has 0 aliphatic rings. The number of rotatable bonds is 4. The molecular formula is C17H16FN5O. The van der Waals surface area contributed by atoms with Crippen LogP contribution in [-0.2, 0) is 11.3 Å². The molecule has 0 fully saturated rings. The smallest absolute Gasteiger partial charge is 0.248 e. The number of hydrogen-bond donors (Lipinski definition) is 1. The Morgan fingerprint density at radius 3 is 2.62 bits per heavy atom. The van der Waals surface area contributed by atoms with Crippen LogP contribution >= 0.6 is 0 Å². The summed E-state index contributed by atoms with van der Waals surface area (Å²) >= 11 is 0. The van der Waals surface area contributed by atoms with Gasteiger partial charge in [-0.25, -0.2) is 4.39 Å². The second-order valence-electron chi connectivity index (χ2n) is 5.58. The summed E-state index contributed by atoms with van der Waals surface area (Å²) < 4.78 is 13.2. The Hall–Kier alpha value is -3.09. The molecule has 7 heteroatoms. The number of aryl methyl sites for hydroxylation is 2. The molecule has 24 heavy (non-hydrogen) atoms. The maximum atomic E-state index is 13.2. The number of nitrogens with one attached hydrogen (secondary N) is 1. The fourth-order valence-corrected chi connectivity index (χ4v) is 2.43. The van der Waals surface area contributed by atoms with Crippen LogP contribution in [0.2, 0.25) is 0 Å². The van der Waals surface area contributed by atoms with Crippen molar-refractivity contribution in [2.24, 2.45) is 0 Å². The van der Waals surface area contributed by atoms with Gasteiger partial charge in [0.1, 0.15) is 12.4 Å². The Morgan fingerprint density at radius 1 is 1.17 bits per heavy atom. The first-order valence-electron chi connectivity index (χ1n) is 7.41. The van der Waals surface area contributed by atoms with Gasteiger partial charge in [-0.3, -0.25) is 4.79 Å². The summed E-state index contributed by atoms with van der Waals surface area (Å²) in [6, 6.07) is 11.7. The standard InChI is InChI=1S/C17H16FN5O/c1-11-6-12(2)8-15(7-11)19-16(24)10-23-21-17(20-22-23)13-4-3-5-14(18)9-13/h3-9H,10H2,1-2H3,(H,19,24). The van der Waals surface area contributed by atoms with Crippen LogP contribution in [0.4, 0.5) is 10.1 Å². The Bertz CT molecular complexity index is 870. The van der Waals surface area contributed by atoms with Crippen LogP contribution < -0.4 is 5.32 Å². The Kier molecular flexibility index (Phi) is 4.33. The number of tetrazole rings is 1. The van der Waals surface area contributed by atoms with Gasteiger partial charge in [-0.05, 0) is 54.5 Å². The summed E-state index contributed by atoms with van der Waals surface area (Å²) in [5, 5.41) is 14.6. The number of hydrogen-bond acceptors (Lipinski definition) is 4. The number of carbonyl (C=O) groups is 1. The maximum Gasteiger partial charge on any atom is 0.248 e. The van der Waals surface area contributed by atoms with E-state index in [0.29, 0.717) is 5.56 Å². The molecule has 1 amide bonds. The summed E-state index contributed by atoms with van der Waals surface area (Å²) in [7, 11) is 0. The molecule has 0 bridgehead atoms. The highest BCUT2D eigenvalue weighted by Crippen LogP contribution is 2.15. The normalized spacial score (nSPS) is 10.6. The molecule has 1 N–H and O–H groups in total. The van der Waals surface area contributed by atoms with Gasteiger partial charge in [0.05, 0.1) is 0 Å². The van der Waals surface area contributed by atoms with Crippen molar-refractivity contribution < 1.29 is 9.18 Å². The van der Waals surface area contributed by atoms with Crippen LogP contribution in [0, 0.1) is 19.7 Å². The van der Waals surface area contributed by atoms with Crippen molar-refractivity contribution in [2.45, 2.75) is 20.4 Å². The summed E-state index contributed by atoms with van der Waals surface area (Å²) in [6.45, 7) is 3.86. The van der Waals surface area contributed by atoms with Crippen molar-refractivity contribution in [3.63, 3.8) is 0 Å². The maximum absolute atomic E-state index is 13.2. The third-order valence-electron chi connectivity index (χ3n) is 3.33. The minimum atomic E-state index is -0.378. The topological polar surface area (TPSA) is 72.7 Å². The lowest BCUT2D eigenvalue weighted by Crippen LogP contribution is -2.20. The van der Waals surface area contributed by atoms with Gasteiger partial charge in [-0.2, -0.15) is 4.80 Å². The lowest BCUT2D eigenvalue weighted by atomic mass is 10.1. The second kappa shape index (κ2) is 6.57. The van der Waals surface area contributed by atoms with Gasteiger partial charge in [-0.15, -0.1) is 10.2 Å². The van der Waals surface area contributed by atoms with Gasteiger partial charge in [0.15, 0.2) is 0 Å². The number of carbonyl (C=O) groups excluding carboxylic acids is 1. The first-order chi connectivity index (χ1) is 11.5. The van der Waals surface area contributed by atoms with E-state index in [-0.39, 0.29) is 24.1 Å². The summed E-state index contributed by atoms with van der Waals surface area (Å²) in [5.74, 6) is -0.367. The van der Waals surface area contributed by atoms with E-state index in [9.17, 15) is 9.18 Å². The molecule has 3 rings (SSSR count). The molecule has 1 heterocycles. The molecule has 122 valence electrons. The van der Waals surface area contributed by atoms with E-state index in [0.717, 1.165) is 16.8 Å². The van der Waals surface area contributed by atoms with Crippen molar-refractivity contribution >= 4 is 11.6 Å². The molecule has 0 aliphatic carbocycles. The second-order valence-corrected chi connectivity index (χ2v) is 5.58. The van der Waals surface area contributed by atoms with Gasteiger partial charge in [0.25, 0.3) is 0 Å². The number of amides is 1. The highest BCUT2D eigenvalue weighted by molar-refractivity contribution is 5.90. The molecule has 0 saturated carbocycles. The van der Waals surface area contributed by atoms with Crippen LogP contribution in [0.5, 0.6) is 0 Å². The Morgan fingerprint density at radius 2 is 1.92 bits per heavy atom. The Balaban J connectivity index is 1.69. The molecule has 3 aromatic rings. The van der Waals surface area contributed by atoms with Gasteiger partial charge >= 0.3 is 0 Å². The van der Waals surface area contributed by atoms with E-state index in [2.05, 4.69) is 20.7 Å². The zero-order valence-corrected chi connectivity index (χ0v) is 13.3. The van der Waals surface area contributed by atoms with Gasteiger partial charge in [0, 0.05) is 11.3 Å². The fraction of sp³-hybridized carbons (Fsp3) is 0.176. The number of benzene rings is 2. The first-order valence-corrected chi connectivity index (χ1v) is 7.41. The van der Waals surface area contributed by atoms with Crippen molar-refractivity contribution in [1.29, 1.82) is 0 Å². The summed E-state index contributed by atoms with van der Waals surface area (Å²) in [6.07, 6.45) is 0. The van der Waals surface area contributed by atoms with Crippen LogP contribution in [-0.4, -0.2) is 26.1 Å². The zero-order chi connectivity index (χ0) is 17.1. The lowest BCUT2D eigenvalue weighted by Gasteiger charge is -2.06. The van der Waals surface area contributed by atoms with Gasteiger partial charge < -0.3 is 5.32 Å². The van der Waals surface area contributed by atoms with E-state index in [1.54, 1.807) is 12.1 Å². The van der Waals surface area contributed by atoms with E-state index in [1.165, 1.54) is 16.9 Å². The third-order valence-corrected chi connectivity index (χ3v) is 3.33. The quantitative estimate of drug-likeness (QED) is 0.800. The SMILES string of the molecule is Cc1cc(C)cc(NC(=O)Cn2nnc(-c3cccc(F)c3)n2)c1. The average Bonchev–Trinajstić information content (AvgIpc) is 2.94. The Labute approximate surface area is 138 Å². The molecule has 2 aromatic carbocycles. The van der Waals surface area contributed by atoms with Crippen molar-refractivity contribution in [3.05, 3.63) is 59.4 Å². The highest BCUT2D eigenvalue weighted by Gasteiger charge is 2.10. The third kappa shape index (κ3) is 3.81. The summed E-state index contributed by atoms with van der Waals surface area (Å²) in [5.41, 5.74) is 3.37. The van der Waals surface area contributed by atoms with Crippen LogP contribution in [0.15, 0.2) is 42.5 Å². The van der Waals surface area contributed by atoms with Crippen LogP contribution in [0.1, 0.15) is 11.1 Å². The van der Waals surface area contributed by atoms with Crippen LogP contribution in [0.3, 0.4) is 0 Å². The molecule has 0 aliphatic heterocycles. The minimum absolute atomic E-state index is 0.0741. The average molecular weight is 325 g/mol. The minimum Gasteiger partial charge on any atom is -0.324 e. The van der Waals surface area contributed by atoms with E-state index in [4.69, 9.17) is 0 Å². The van der Waals surface area contributed by atoms with Gasteiger partial charge in [-0.1, -0.05) is 18.2 Å². The molecule has 0 saturated heterocycles. The molecule has 0 unspecified atom stereocenters. The fourth-order valence-electron chi connectivity index (χ4n) is 2.43. The number of nitrogens with zero attached hydrogens (tertiary/aromatic N) is 4. The first kappa shape index (κ1) is 15.8. The number of anilines is 1. The van der Waals surface area contributed by atoms with E-state index >= 15 is 0 Å². The zero-order valence-electron chi connectivity index (χ0n) is 13.3. The molecule has 0 spiro atoms. The van der Waals surface area contributed by atoms with E-state index in [1.807, 2.05) is 32.0 Å². The monoisotopic (exact) mass is 325 g/mol. The number of aromatic nitrogens is 4. The molecule has 0 atom stereocenters.